The average molecular weight is 268 g/mol. The number of carbonyl (C=O) groups excluding carboxylic acids is 1. The highest BCUT2D eigenvalue weighted by Gasteiger charge is 2.04. The average Bonchev–Trinajstić information content (AvgIpc) is 2.51. The second-order valence-electron chi connectivity index (χ2n) is 4.31. The van der Waals surface area contributed by atoms with Crippen LogP contribution in [0.4, 0.5) is 0 Å². The fourth-order valence-corrected chi connectivity index (χ4v) is 1.66. The fourth-order valence-electron chi connectivity index (χ4n) is 1.66. The summed E-state index contributed by atoms with van der Waals surface area (Å²) in [6, 6.07) is 17.6. The van der Waals surface area contributed by atoms with Crippen LogP contribution in [0.3, 0.4) is 0 Å². The van der Waals surface area contributed by atoms with Crippen LogP contribution >= 0.6 is 0 Å². The van der Waals surface area contributed by atoms with Gasteiger partial charge in [0.05, 0.1) is 6.42 Å². The summed E-state index contributed by atoms with van der Waals surface area (Å²) in [5.74, 6) is -0.192. The molecule has 2 aromatic carbocycles. The molecular formula is C16H16N2O2. The van der Waals surface area contributed by atoms with Crippen molar-refractivity contribution in [2.45, 2.75) is 20.0 Å². The van der Waals surface area contributed by atoms with E-state index >= 15 is 0 Å². The van der Waals surface area contributed by atoms with Gasteiger partial charge < -0.3 is 4.74 Å². The van der Waals surface area contributed by atoms with Crippen LogP contribution in [0.1, 0.15) is 16.7 Å². The Labute approximate surface area is 118 Å². The first-order valence-corrected chi connectivity index (χ1v) is 6.19. The summed E-state index contributed by atoms with van der Waals surface area (Å²) in [6.45, 7) is 2.36. The van der Waals surface area contributed by atoms with E-state index in [2.05, 4.69) is 0 Å². The molecule has 0 aliphatic heterocycles. The van der Waals surface area contributed by atoms with E-state index in [-0.39, 0.29) is 5.97 Å². The lowest BCUT2D eigenvalue weighted by Crippen LogP contribution is -2.07. The Bertz CT molecular complexity index is 548. The van der Waals surface area contributed by atoms with Gasteiger partial charge in [0.25, 0.3) is 0 Å². The van der Waals surface area contributed by atoms with E-state index in [4.69, 9.17) is 15.5 Å². The van der Waals surface area contributed by atoms with Gasteiger partial charge in [-0.15, -0.1) is 0 Å². The molecule has 0 aliphatic rings. The molecule has 0 N–H and O–H groups in total. The van der Waals surface area contributed by atoms with Crippen molar-refractivity contribution in [1.29, 1.82) is 10.8 Å². The Morgan fingerprint density at radius 3 is 2.15 bits per heavy atom. The molecule has 2 aromatic rings. The van der Waals surface area contributed by atoms with E-state index in [0.717, 1.165) is 11.1 Å². The molecule has 102 valence electrons. The zero-order chi connectivity index (χ0) is 14.8. The maximum Gasteiger partial charge on any atom is 0.310 e. The standard InChI is InChI=1S/C16H16O2.N2/c1-13-7-9-14(10-8-13)11-16(17)18-12-15-5-3-2-4-6-15;1-2/h2-10H,11-12H2,1H3;. The van der Waals surface area contributed by atoms with Gasteiger partial charge in [-0.25, -0.2) is 0 Å². The SMILES string of the molecule is Cc1ccc(CC(=O)OCc2ccccc2)cc1.N#N. The first-order valence-electron chi connectivity index (χ1n) is 6.19. The summed E-state index contributed by atoms with van der Waals surface area (Å²) in [4.78, 5) is 11.6. The van der Waals surface area contributed by atoms with Crippen molar-refractivity contribution in [1.82, 2.24) is 0 Å². The Balaban J connectivity index is 0.000000956. The summed E-state index contributed by atoms with van der Waals surface area (Å²) in [7, 11) is 0. The minimum Gasteiger partial charge on any atom is -0.461 e. The molecule has 0 fully saturated rings. The van der Waals surface area contributed by atoms with Crippen molar-refractivity contribution in [2.75, 3.05) is 0 Å². The first-order chi connectivity index (χ1) is 9.74. The van der Waals surface area contributed by atoms with Crippen molar-refractivity contribution in [3.05, 3.63) is 71.3 Å². The molecule has 0 bridgehead atoms. The number of rotatable bonds is 4. The molecule has 2 rings (SSSR count). The molecule has 0 saturated carbocycles. The third-order valence-electron chi connectivity index (χ3n) is 2.71. The molecule has 0 spiro atoms. The Kier molecular flexibility index (Phi) is 6.49. The molecule has 0 heterocycles. The molecule has 0 aromatic heterocycles. The van der Waals surface area contributed by atoms with Crippen LogP contribution in [0.15, 0.2) is 54.6 Å². The maximum absolute atomic E-state index is 11.6. The van der Waals surface area contributed by atoms with Gasteiger partial charge in [-0.2, -0.15) is 0 Å². The second kappa shape index (κ2) is 8.44. The highest BCUT2D eigenvalue weighted by atomic mass is 16.5. The van der Waals surface area contributed by atoms with Crippen molar-refractivity contribution in [3.8, 4) is 0 Å². The van der Waals surface area contributed by atoms with Crippen LogP contribution in [0.25, 0.3) is 0 Å². The van der Waals surface area contributed by atoms with Crippen molar-refractivity contribution < 1.29 is 9.53 Å². The Hall–Kier alpha value is -2.67. The zero-order valence-corrected chi connectivity index (χ0v) is 11.3. The number of hydrogen-bond donors (Lipinski definition) is 0. The molecule has 0 atom stereocenters. The van der Waals surface area contributed by atoms with E-state index in [1.165, 1.54) is 5.56 Å². The Morgan fingerprint density at radius 1 is 0.950 bits per heavy atom. The number of benzene rings is 2. The van der Waals surface area contributed by atoms with Gasteiger partial charge in [0, 0.05) is 10.8 Å². The molecule has 0 unspecified atom stereocenters. The topological polar surface area (TPSA) is 73.9 Å². The van der Waals surface area contributed by atoms with Crippen LogP contribution in [0, 0.1) is 17.7 Å². The first kappa shape index (κ1) is 15.4. The molecule has 0 aliphatic carbocycles. The minimum absolute atomic E-state index is 0.192. The lowest BCUT2D eigenvalue weighted by Gasteiger charge is -2.05. The smallest absolute Gasteiger partial charge is 0.310 e. The fraction of sp³-hybridized carbons (Fsp3) is 0.188. The number of nitrogens with zero attached hydrogens (tertiary/aromatic N) is 2. The van der Waals surface area contributed by atoms with Gasteiger partial charge in [-0.05, 0) is 18.1 Å². The van der Waals surface area contributed by atoms with Crippen LogP contribution in [-0.4, -0.2) is 5.97 Å². The lowest BCUT2D eigenvalue weighted by atomic mass is 10.1. The van der Waals surface area contributed by atoms with Crippen LogP contribution < -0.4 is 0 Å². The number of aryl methyl sites for hydroxylation is 1. The second-order valence-corrected chi connectivity index (χ2v) is 4.31. The van der Waals surface area contributed by atoms with Crippen LogP contribution in [0.5, 0.6) is 0 Å². The van der Waals surface area contributed by atoms with Gasteiger partial charge in [-0.3, -0.25) is 4.79 Å². The van der Waals surface area contributed by atoms with E-state index in [9.17, 15) is 4.79 Å². The predicted octanol–water partition coefficient (Wildman–Crippen LogP) is 3.31. The van der Waals surface area contributed by atoms with Gasteiger partial charge in [-0.1, -0.05) is 60.2 Å². The number of ether oxygens (including phenoxy) is 1. The summed E-state index contributed by atoms with van der Waals surface area (Å²) in [5.41, 5.74) is 3.19. The van der Waals surface area contributed by atoms with Gasteiger partial charge in [0.1, 0.15) is 6.61 Å². The van der Waals surface area contributed by atoms with Crippen LogP contribution in [-0.2, 0) is 22.6 Å². The molecule has 0 amide bonds. The summed E-state index contributed by atoms with van der Waals surface area (Å²) < 4.78 is 5.22. The largest absolute Gasteiger partial charge is 0.461 e. The highest BCUT2D eigenvalue weighted by Crippen LogP contribution is 2.06. The van der Waals surface area contributed by atoms with E-state index < -0.39 is 0 Å². The summed E-state index contributed by atoms with van der Waals surface area (Å²) in [6.07, 6.45) is 0.327. The monoisotopic (exact) mass is 268 g/mol. The van der Waals surface area contributed by atoms with Crippen LogP contribution in [0.2, 0.25) is 0 Å². The van der Waals surface area contributed by atoms with E-state index in [0.29, 0.717) is 13.0 Å². The van der Waals surface area contributed by atoms with Gasteiger partial charge >= 0.3 is 5.97 Å². The van der Waals surface area contributed by atoms with Gasteiger partial charge in [0.15, 0.2) is 0 Å². The molecular weight excluding hydrogens is 252 g/mol. The lowest BCUT2D eigenvalue weighted by molar-refractivity contribution is -0.144. The van der Waals surface area contributed by atoms with E-state index in [1.54, 1.807) is 0 Å². The molecule has 4 heteroatoms. The molecule has 0 radical (unpaired) electrons. The maximum atomic E-state index is 11.6. The third kappa shape index (κ3) is 5.32. The summed E-state index contributed by atoms with van der Waals surface area (Å²) >= 11 is 0. The number of carbonyl (C=O) groups is 1. The van der Waals surface area contributed by atoms with Gasteiger partial charge in [0.2, 0.25) is 0 Å². The summed E-state index contributed by atoms with van der Waals surface area (Å²) in [5, 5.41) is 12.0. The number of hydrogen-bond acceptors (Lipinski definition) is 4. The molecule has 0 saturated heterocycles. The Morgan fingerprint density at radius 2 is 1.55 bits per heavy atom. The van der Waals surface area contributed by atoms with Crippen molar-refractivity contribution in [2.24, 2.45) is 0 Å². The minimum atomic E-state index is -0.192. The van der Waals surface area contributed by atoms with Crippen molar-refractivity contribution >= 4 is 5.97 Å². The van der Waals surface area contributed by atoms with E-state index in [1.807, 2.05) is 61.5 Å². The zero-order valence-electron chi connectivity index (χ0n) is 11.3. The third-order valence-corrected chi connectivity index (χ3v) is 2.71. The molecule has 4 nitrogen and oxygen atoms in total. The predicted molar refractivity (Wildman–Crippen MR) is 74.6 cm³/mol. The quantitative estimate of drug-likeness (QED) is 0.629. The van der Waals surface area contributed by atoms with Crippen molar-refractivity contribution in [3.63, 3.8) is 0 Å². The normalized spacial score (nSPS) is 9.15. The highest BCUT2D eigenvalue weighted by molar-refractivity contribution is 5.72. The number of esters is 1. The molecule has 20 heavy (non-hydrogen) atoms.